The Morgan fingerprint density at radius 3 is 3.17 bits per heavy atom. The van der Waals surface area contributed by atoms with Crippen molar-refractivity contribution in [2.45, 2.75) is 32.1 Å². The Hall–Kier alpha value is -1.27. The Morgan fingerprint density at radius 1 is 1.44 bits per heavy atom. The molecule has 0 aliphatic carbocycles. The summed E-state index contributed by atoms with van der Waals surface area (Å²) in [6.45, 7) is 3.62. The molecule has 0 N–H and O–H groups in total. The van der Waals surface area contributed by atoms with E-state index in [0.29, 0.717) is 12.5 Å². The van der Waals surface area contributed by atoms with E-state index in [1.54, 1.807) is 11.3 Å². The molecule has 3 rings (SSSR count). The smallest absolute Gasteiger partial charge is 0.277 e. The molecule has 2 aromatic heterocycles. The van der Waals surface area contributed by atoms with Crippen molar-refractivity contribution in [1.29, 1.82) is 0 Å². The first-order valence-electron chi connectivity index (χ1n) is 6.23. The first-order chi connectivity index (χ1) is 8.86. The van der Waals surface area contributed by atoms with Crippen molar-refractivity contribution in [3.63, 3.8) is 0 Å². The Morgan fingerprint density at radius 2 is 2.39 bits per heavy atom. The Kier molecular flexibility index (Phi) is 3.38. The molecule has 0 radical (unpaired) electrons. The number of hydrogen-bond acceptors (Lipinski definition) is 6. The quantitative estimate of drug-likeness (QED) is 0.850. The van der Waals surface area contributed by atoms with Gasteiger partial charge in [0.1, 0.15) is 5.69 Å². The van der Waals surface area contributed by atoms with Crippen LogP contribution in [0.2, 0.25) is 0 Å². The fraction of sp³-hybridized carbons (Fsp3) is 0.583. The first-order valence-corrected chi connectivity index (χ1v) is 7.11. The SMILES string of the molecule is CCCc1nc(-c2nc([C@H]3CCOC3)no2)cs1. The van der Waals surface area contributed by atoms with Gasteiger partial charge in [0.25, 0.3) is 5.89 Å². The molecule has 6 heteroatoms. The summed E-state index contributed by atoms with van der Waals surface area (Å²) >= 11 is 1.65. The number of rotatable bonds is 4. The van der Waals surface area contributed by atoms with E-state index in [-0.39, 0.29) is 5.92 Å². The minimum absolute atomic E-state index is 0.274. The van der Waals surface area contributed by atoms with Crippen LogP contribution in [0.4, 0.5) is 0 Å². The lowest BCUT2D eigenvalue weighted by Crippen LogP contribution is -1.99. The second-order valence-electron chi connectivity index (χ2n) is 4.39. The second-order valence-corrected chi connectivity index (χ2v) is 5.34. The monoisotopic (exact) mass is 265 g/mol. The summed E-state index contributed by atoms with van der Waals surface area (Å²) in [5, 5.41) is 7.13. The van der Waals surface area contributed by atoms with Gasteiger partial charge in [0.2, 0.25) is 0 Å². The highest BCUT2D eigenvalue weighted by atomic mass is 32.1. The zero-order valence-electron chi connectivity index (χ0n) is 10.3. The third-order valence-electron chi connectivity index (χ3n) is 2.97. The van der Waals surface area contributed by atoms with Gasteiger partial charge in [-0.1, -0.05) is 12.1 Å². The Balaban J connectivity index is 1.78. The van der Waals surface area contributed by atoms with Crippen molar-refractivity contribution in [2.75, 3.05) is 13.2 Å². The number of thiazole rings is 1. The summed E-state index contributed by atoms with van der Waals surface area (Å²) in [7, 11) is 0. The second kappa shape index (κ2) is 5.16. The van der Waals surface area contributed by atoms with Gasteiger partial charge in [0.15, 0.2) is 5.82 Å². The molecule has 18 heavy (non-hydrogen) atoms. The van der Waals surface area contributed by atoms with Gasteiger partial charge in [-0.25, -0.2) is 4.98 Å². The van der Waals surface area contributed by atoms with E-state index in [1.165, 1.54) is 0 Å². The highest BCUT2D eigenvalue weighted by Gasteiger charge is 2.24. The molecule has 96 valence electrons. The molecule has 1 fully saturated rings. The lowest BCUT2D eigenvalue weighted by atomic mass is 10.1. The lowest BCUT2D eigenvalue weighted by molar-refractivity contribution is 0.192. The fourth-order valence-electron chi connectivity index (χ4n) is 1.98. The van der Waals surface area contributed by atoms with E-state index in [0.717, 1.165) is 42.4 Å². The van der Waals surface area contributed by atoms with Crippen molar-refractivity contribution in [2.24, 2.45) is 0 Å². The summed E-state index contributed by atoms with van der Waals surface area (Å²) in [5.41, 5.74) is 0.793. The van der Waals surface area contributed by atoms with Crippen LogP contribution >= 0.6 is 11.3 Å². The molecule has 3 heterocycles. The van der Waals surface area contributed by atoms with Gasteiger partial charge in [-0.15, -0.1) is 11.3 Å². The van der Waals surface area contributed by atoms with E-state index < -0.39 is 0 Å². The topological polar surface area (TPSA) is 61.0 Å². The van der Waals surface area contributed by atoms with E-state index in [9.17, 15) is 0 Å². The van der Waals surface area contributed by atoms with E-state index in [4.69, 9.17) is 9.26 Å². The molecule has 0 bridgehead atoms. The molecule has 1 aliphatic rings. The van der Waals surface area contributed by atoms with Gasteiger partial charge < -0.3 is 9.26 Å². The molecule has 0 saturated carbocycles. The predicted molar refractivity (Wildman–Crippen MR) is 67.6 cm³/mol. The number of nitrogens with zero attached hydrogens (tertiary/aromatic N) is 3. The van der Waals surface area contributed by atoms with Gasteiger partial charge in [-0.3, -0.25) is 0 Å². The van der Waals surface area contributed by atoms with Crippen molar-refractivity contribution in [3.05, 3.63) is 16.2 Å². The van der Waals surface area contributed by atoms with Crippen LogP contribution in [0.3, 0.4) is 0 Å². The van der Waals surface area contributed by atoms with Crippen molar-refractivity contribution in [3.8, 4) is 11.6 Å². The van der Waals surface area contributed by atoms with E-state index in [2.05, 4.69) is 22.0 Å². The maximum Gasteiger partial charge on any atom is 0.277 e. The van der Waals surface area contributed by atoms with E-state index in [1.807, 2.05) is 5.38 Å². The molecule has 0 aromatic carbocycles. The lowest BCUT2D eigenvalue weighted by Gasteiger charge is -1.97. The summed E-state index contributed by atoms with van der Waals surface area (Å²) in [6.07, 6.45) is 3.07. The normalized spacial score (nSPS) is 19.5. The number of hydrogen-bond donors (Lipinski definition) is 0. The molecule has 1 saturated heterocycles. The zero-order valence-corrected chi connectivity index (χ0v) is 11.1. The fourth-order valence-corrected chi connectivity index (χ4v) is 2.85. The number of ether oxygens (including phenoxy) is 1. The highest BCUT2D eigenvalue weighted by molar-refractivity contribution is 7.09. The van der Waals surface area contributed by atoms with Crippen LogP contribution in [0.15, 0.2) is 9.90 Å². The third kappa shape index (κ3) is 2.30. The summed E-state index contributed by atoms with van der Waals surface area (Å²) in [4.78, 5) is 8.92. The molecular weight excluding hydrogens is 250 g/mol. The van der Waals surface area contributed by atoms with Gasteiger partial charge in [0, 0.05) is 17.9 Å². The van der Waals surface area contributed by atoms with Gasteiger partial charge >= 0.3 is 0 Å². The zero-order chi connectivity index (χ0) is 12.4. The molecule has 1 atom stereocenters. The van der Waals surface area contributed by atoms with Crippen molar-refractivity contribution < 1.29 is 9.26 Å². The molecule has 0 amide bonds. The van der Waals surface area contributed by atoms with Gasteiger partial charge in [-0.2, -0.15) is 4.98 Å². The van der Waals surface area contributed by atoms with Crippen LogP contribution in [0.25, 0.3) is 11.6 Å². The minimum Gasteiger partial charge on any atom is -0.381 e. The number of aromatic nitrogens is 3. The predicted octanol–water partition coefficient (Wildman–Crippen LogP) is 2.65. The minimum atomic E-state index is 0.274. The molecular formula is C12H15N3O2S. The summed E-state index contributed by atoms with van der Waals surface area (Å²) < 4.78 is 10.6. The van der Waals surface area contributed by atoms with Crippen molar-refractivity contribution >= 4 is 11.3 Å². The van der Waals surface area contributed by atoms with Crippen LogP contribution in [0, 0.1) is 0 Å². The molecule has 0 spiro atoms. The average Bonchev–Trinajstić information content (AvgIpc) is 3.10. The highest BCUT2D eigenvalue weighted by Crippen LogP contribution is 2.26. The third-order valence-corrected chi connectivity index (χ3v) is 3.88. The number of aryl methyl sites for hydroxylation is 1. The van der Waals surface area contributed by atoms with Crippen molar-refractivity contribution in [1.82, 2.24) is 15.1 Å². The van der Waals surface area contributed by atoms with Crippen LogP contribution in [0.5, 0.6) is 0 Å². The maximum atomic E-state index is 5.33. The molecule has 2 aromatic rings. The van der Waals surface area contributed by atoms with Crippen LogP contribution in [-0.4, -0.2) is 28.3 Å². The Labute approximate surface area is 109 Å². The summed E-state index contributed by atoms with van der Waals surface area (Å²) in [6, 6.07) is 0. The maximum absolute atomic E-state index is 5.33. The average molecular weight is 265 g/mol. The molecule has 1 aliphatic heterocycles. The van der Waals surface area contributed by atoms with Crippen LogP contribution < -0.4 is 0 Å². The standard InChI is InChI=1S/C12H15N3O2S/c1-2-3-10-13-9(7-18-10)12-14-11(15-17-12)8-4-5-16-6-8/h7-8H,2-6H2,1H3/t8-/m0/s1. The largest absolute Gasteiger partial charge is 0.381 e. The van der Waals surface area contributed by atoms with Gasteiger partial charge in [0.05, 0.1) is 11.6 Å². The van der Waals surface area contributed by atoms with Crippen LogP contribution in [0.1, 0.15) is 36.5 Å². The van der Waals surface area contributed by atoms with E-state index >= 15 is 0 Å². The summed E-state index contributed by atoms with van der Waals surface area (Å²) in [5.74, 6) is 1.54. The van der Waals surface area contributed by atoms with Crippen LogP contribution in [-0.2, 0) is 11.2 Å². The molecule has 0 unspecified atom stereocenters. The Bertz CT molecular complexity index is 517. The van der Waals surface area contributed by atoms with Gasteiger partial charge in [-0.05, 0) is 19.3 Å². The first kappa shape index (κ1) is 11.8. The molecule has 5 nitrogen and oxygen atoms in total.